The van der Waals surface area contributed by atoms with Gasteiger partial charge in [-0.05, 0) is 48.6 Å². The molecule has 1 saturated heterocycles. The maximum absolute atomic E-state index is 12.8. The molecule has 6 nitrogen and oxygen atoms in total. The molecule has 2 aromatic rings. The van der Waals surface area contributed by atoms with Crippen LogP contribution in [0.2, 0.25) is 0 Å². The molecule has 6 heteroatoms. The second kappa shape index (κ2) is 10.4. The van der Waals surface area contributed by atoms with Gasteiger partial charge in [0.05, 0.1) is 0 Å². The van der Waals surface area contributed by atoms with Gasteiger partial charge in [-0.15, -0.1) is 0 Å². The maximum atomic E-state index is 12.8. The fourth-order valence-corrected chi connectivity index (χ4v) is 4.50. The third-order valence-corrected chi connectivity index (χ3v) is 6.32. The molecule has 4 rings (SSSR count). The third-order valence-electron chi connectivity index (χ3n) is 6.32. The summed E-state index contributed by atoms with van der Waals surface area (Å²) in [6, 6.07) is 15.3. The molecule has 0 atom stereocenters. The lowest BCUT2D eigenvalue weighted by molar-refractivity contribution is -0.133. The molecule has 0 bridgehead atoms. The first kappa shape index (κ1) is 22.1. The molecule has 3 amide bonds. The normalized spacial score (nSPS) is 15.8. The van der Waals surface area contributed by atoms with Gasteiger partial charge in [-0.2, -0.15) is 0 Å². The standard InChI is InChI=1S/C26H31N3O3/c30-24(12-13-25(31)28-15-6-1-2-7-16-28)27-19-20-10-11-23-22(18-20)14-17-29(23)26(32)21-8-4-3-5-9-21/h3-5,8-11,18H,1-2,6-7,12-17,19H2,(H,27,30). The molecule has 168 valence electrons. The van der Waals surface area contributed by atoms with Crippen molar-refractivity contribution in [3.05, 3.63) is 65.2 Å². The molecule has 32 heavy (non-hydrogen) atoms. The number of amides is 3. The van der Waals surface area contributed by atoms with E-state index < -0.39 is 0 Å². The molecule has 0 unspecified atom stereocenters. The summed E-state index contributed by atoms with van der Waals surface area (Å²) in [4.78, 5) is 41.2. The van der Waals surface area contributed by atoms with Gasteiger partial charge in [-0.25, -0.2) is 0 Å². The Hall–Kier alpha value is -3.15. The Balaban J connectivity index is 1.27. The number of hydrogen-bond acceptors (Lipinski definition) is 3. The minimum absolute atomic E-state index is 0.0134. The summed E-state index contributed by atoms with van der Waals surface area (Å²) < 4.78 is 0. The number of carbonyl (C=O) groups is 3. The summed E-state index contributed by atoms with van der Waals surface area (Å²) in [6.45, 7) is 2.73. The van der Waals surface area contributed by atoms with Crippen LogP contribution in [0.15, 0.2) is 48.5 Å². The minimum Gasteiger partial charge on any atom is -0.352 e. The summed E-state index contributed by atoms with van der Waals surface area (Å²) in [7, 11) is 0. The van der Waals surface area contributed by atoms with Gasteiger partial charge in [0, 0.05) is 50.3 Å². The molecule has 0 spiro atoms. The predicted octanol–water partition coefficient (Wildman–Crippen LogP) is 3.69. The van der Waals surface area contributed by atoms with Crippen LogP contribution in [-0.4, -0.2) is 42.3 Å². The number of rotatable bonds is 6. The van der Waals surface area contributed by atoms with Crippen LogP contribution in [0.1, 0.15) is 60.0 Å². The Kier molecular flexibility index (Phi) is 7.20. The van der Waals surface area contributed by atoms with E-state index in [0.29, 0.717) is 18.7 Å². The van der Waals surface area contributed by atoms with Crippen LogP contribution in [-0.2, 0) is 22.6 Å². The van der Waals surface area contributed by atoms with Crippen molar-refractivity contribution in [3.63, 3.8) is 0 Å². The van der Waals surface area contributed by atoms with E-state index in [2.05, 4.69) is 11.4 Å². The summed E-state index contributed by atoms with van der Waals surface area (Å²) in [5.41, 5.74) is 3.76. The highest BCUT2D eigenvalue weighted by molar-refractivity contribution is 6.07. The van der Waals surface area contributed by atoms with Gasteiger partial charge in [-0.1, -0.05) is 43.2 Å². The average Bonchev–Trinajstić information content (AvgIpc) is 3.05. The zero-order valence-electron chi connectivity index (χ0n) is 18.5. The summed E-state index contributed by atoms with van der Waals surface area (Å²) >= 11 is 0. The lowest BCUT2D eigenvalue weighted by atomic mass is 10.1. The zero-order valence-corrected chi connectivity index (χ0v) is 18.5. The van der Waals surface area contributed by atoms with Crippen molar-refractivity contribution >= 4 is 23.4 Å². The smallest absolute Gasteiger partial charge is 0.258 e. The highest BCUT2D eigenvalue weighted by atomic mass is 16.2. The van der Waals surface area contributed by atoms with Crippen molar-refractivity contribution in [1.82, 2.24) is 10.2 Å². The molecule has 2 heterocycles. The fourth-order valence-electron chi connectivity index (χ4n) is 4.50. The molecule has 0 radical (unpaired) electrons. The SMILES string of the molecule is O=C(CCC(=O)N1CCCCCC1)NCc1ccc2c(c1)CCN2C(=O)c1ccccc1. The van der Waals surface area contributed by atoms with Crippen LogP contribution in [0.25, 0.3) is 0 Å². The first-order valence-corrected chi connectivity index (χ1v) is 11.6. The number of fused-ring (bicyclic) bond motifs is 1. The van der Waals surface area contributed by atoms with Crippen LogP contribution in [0.5, 0.6) is 0 Å². The van der Waals surface area contributed by atoms with Crippen LogP contribution < -0.4 is 10.2 Å². The van der Waals surface area contributed by atoms with E-state index in [1.807, 2.05) is 52.3 Å². The van der Waals surface area contributed by atoms with Crippen molar-refractivity contribution in [1.29, 1.82) is 0 Å². The van der Waals surface area contributed by atoms with Crippen molar-refractivity contribution in [3.8, 4) is 0 Å². The number of benzene rings is 2. The Morgan fingerprint density at radius 1 is 0.844 bits per heavy atom. The Morgan fingerprint density at radius 3 is 2.34 bits per heavy atom. The van der Waals surface area contributed by atoms with E-state index in [0.717, 1.165) is 49.2 Å². The topological polar surface area (TPSA) is 69.7 Å². The highest BCUT2D eigenvalue weighted by Crippen LogP contribution is 2.30. The molecular weight excluding hydrogens is 402 g/mol. The van der Waals surface area contributed by atoms with Gasteiger partial charge in [0.1, 0.15) is 0 Å². The third kappa shape index (κ3) is 5.36. The van der Waals surface area contributed by atoms with Crippen LogP contribution in [0, 0.1) is 0 Å². The van der Waals surface area contributed by atoms with Crippen LogP contribution >= 0.6 is 0 Å². The maximum Gasteiger partial charge on any atom is 0.258 e. The minimum atomic E-state index is -0.102. The highest BCUT2D eigenvalue weighted by Gasteiger charge is 2.25. The molecular formula is C26H31N3O3. The molecule has 2 aliphatic rings. The molecule has 0 aliphatic carbocycles. The van der Waals surface area contributed by atoms with Gasteiger partial charge in [-0.3, -0.25) is 14.4 Å². The zero-order chi connectivity index (χ0) is 22.3. The molecule has 1 N–H and O–H groups in total. The van der Waals surface area contributed by atoms with Crippen molar-refractivity contribution in [2.24, 2.45) is 0 Å². The van der Waals surface area contributed by atoms with Crippen molar-refractivity contribution in [2.75, 3.05) is 24.5 Å². The number of likely N-dealkylation sites (tertiary alicyclic amines) is 1. The van der Waals surface area contributed by atoms with E-state index in [-0.39, 0.29) is 30.6 Å². The van der Waals surface area contributed by atoms with E-state index in [4.69, 9.17) is 0 Å². The Labute approximate surface area is 189 Å². The molecule has 2 aliphatic heterocycles. The van der Waals surface area contributed by atoms with E-state index in [1.165, 1.54) is 12.8 Å². The Bertz CT molecular complexity index is 966. The number of carbonyl (C=O) groups excluding carboxylic acids is 3. The summed E-state index contributed by atoms with van der Waals surface area (Å²) in [6.07, 6.45) is 5.79. The quantitative estimate of drug-likeness (QED) is 0.755. The number of nitrogens with one attached hydrogen (secondary N) is 1. The van der Waals surface area contributed by atoms with Gasteiger partial charge < -0.3 is 15.1 Å². The fraction of sp³-hybridized carbons (Fsp3) is 0.423. The van der Waals surface area contributed by atoms with Gasteiger partial charge in [0.25, 0.3) is 5.91 Å². The van der Waals surface area contributed by atoms with Crippen molar-refractivity contribution < 1.29 is 14.4 Å². The number of hydrogen-bond donors (Lipinski definition) is 1. The summed E-state index contributed by atoms with van der Waals surface area (Å²) in [5.74, 6) is -0.00298. The van der Waals surface area contributed by atoms with E-state index in [1.54, 1.807) is 0 Å². The largest absolute Gasteiger partial charge is 0.352 e. The lowest BCUT2D eigenvalue weighted by Gasteiger charge is -2.20. The Morgan fingerprint density at radius 2 is 1.59 bits per heavy atom. The van der Waals surface area contributed by atoms with Gasteiger partial charge in [0.15, 0.2) is 0 Å². The molecule has 0 saturated carbocycles. The molecule has 1 fully saturated rings. The lowest BCUT2D eigenvalue weighted by Crippen LogP contribution is -2.33. The second-order valence-corrected chi connectivity index (χ2v) is 8.61. The monoisotopic (exact) mass is 433 g/mol. The van der Waals surface area contributed by atoms with E-state index in [9.17, 15) is 14.4 Å². The van der Waals surface area contributed by atoms with Crippen LogP contribution in [0.3, 0.4) is 0 Å². The first-order valence-electron chi connectivity index (χ1n) is 11.6. The average molecular weight is 434 g/mol. The van der Waals surface area contributed by atoms with Gasteiger partial charge in [0.2, 0.25) is 11.8 Å². The molecule has 2 aromatic carbocycles. The predicted molar refractivity (Wildman–Crippen MR) is 124 cm³/mol. The number of nitrogens with zero attached hydrogens (tertiary/aromatic N) is 2. The van der Waals surface area contributed by atoms with Crippen LogP contribution in [0.4, 0.5) is 5.69 Å². The molecule has 0 aromatic heterocycles. The second-order valence-electron chi connectivity index (χ2n) is 8.61. The number of anilines is 1. The summed E-state index contributed by atoms with van der Waals surface area (Å²) in [5, 5.41) is 2.93. The first-order chi connectivity index (χ1) is 15.6. The van der Waals surface area contributed by atoms with E-state index >= 15 is 0 Å². The van der Waals surface area contributed by atoms with Gasteiger partial charge >= 0.3 is 0 Å². The van der Waals surface area contributed by atoms with Crippen molar-refractivity contribution in [2.45, 2.75) is 51.5 Å².